The van der Waals surface area contributed by atoms with Crippen molar-refractivity contribution in [2.24, 2.45) is 4.99 Å². The summed E-state index contributed by atoms with van der Waals surface area (Å²) in [6.45, 7) is 0. The van der Waals surface area contributed by atoms with Gasteiger partial charge in [0.2, 0.25) is 11.8 Å². The normalized spacial score (nSPS) is 16.8. The van der Waals surface area contributed by atoms with Gasteiger partial charge in [-0.25, -0.2) is 4.98 Å². The van der Waals surface area contributed by atoms with Gasteiger partial charge in [0.1, 0.15) is 6.42 Å². The molecule has 2 aliphatic rings. The van der Waals surface area contributed by atoms with Gasteiger partial charge < -0.3 is 10.6 Å². The minimum absolute atomic E-state index is 0. The highest BCUT2D eigenvalue weighted by atomic mass is 35.5. The Morgan fingerprint density at radius 1 is 1.30 bits per heavy atom. The Kier molecular flexibility index (Phi) is 6.14. The fourth-order valence-corrected chi connectivity index (χ4v) is 4.00. The fraction of sp³-hybridized carbons (Fsp3) is 0.462. The third kappa shape index (κ3) is 4.76. The van der Waals surface area contributed by atoms with Crippen LogP contribution in [0.5, 0.6) is 0 Å². The zero-order chi connectivity index (χ0) is 15.5. The van der Waals surface area contributed by atoms with Gasteiger partial charge in [-0.05, 0) is 25.7 Å². The van der Waals surface area contributed by atoms with Crippen LogP contribution in [0.4, 0.5) is 5.13 Å². The number of aliphatic imine (C=N–C) groups is 1. The number of rotatable bonds is 3. The number of nitrogens with zero attached hydrogens (tertiary/aromatic N) is 2. The van der Waals surface area contributed by atoms with E-state index in [2.05, 4.69) is 20.6 Å². The van der Waals surface area contributed by atoms with Crippen molar-refractivity contribution in [3.63, 3.8) is 0 Å². The summed E-state index contributed by atoms with van der Waals surface area (Å²) in [5, 5.41) is 6.01. The van der Waals surface area contributed by atoms with Crippen LogP contribution in [0.2, 0.25) is 0 Å². The molecule has 0 spiro atoms. The van der Waals surface area contributed by atoms with Crippen LogP contribution in [0.15, 0.2) is 4.99 Å². The second-order valence-electron chi connectivity index (χ2n) is 4.97. The van der Waals surface area contributed by atoms with Gasteiger partial charge in [-0.1, -0.05) is 11.8 Å². The summed E-state index contributed by atoms with van der Waals surface area (Å²) in [7, 11) is 0. The van der Waals surface area contributed by atoms with Crippen molar-refractivity contribution in [3.8, 4) is 0 Å². The smallest absolute Gasteiger partial charge is 0.257 e. The molecule has 3 amide bonds. The highest BCUT2D eigenvalue weighted by molar-refractivity contribution is 8.14. The minimum Gasteiger partial charge on any atom is -0.305 e. The van der Waals surface area contributed by atoms with E-state index in [4.69, 9.17) is 0 Å². The maximum absolute atomic E-state index is 11.9. The second-order valence-corrected chi connectivity index (χ2v) is 7.02. The lowest BCUT2D eigenvalue weighted by Gasteiger charge is -2.11. The molecule has 124 valence electrons. The van der Waals surface area contributed by atoms with E-state index < -0.39 is 11.8 Å². The molecule has 2 N–H and O–H groups in total. The van der Waals surface area contributed by atoms with Crippen molar-refractivity contribution in [2.45, 2.75) is 32.1 Å². The van der Waals surface area contributed by atoms with Crippen molar-refractivity contribution in [1.82, 2.24) is 10.3 Å². The standard InChI is InChI=1S/C13H14N4O3S2.ClH/c18-9-5-10(19)16-12(15-9)21-6-11(20)17-13-14-7-3-1-2-4-8(7)22-13;/h1-6H2,(H,14,17,20)(H,15,16,18,19);1H. The van der Waals surface area contributed by atoms with E-state index in [0.717, 1.165) is 36.7 Å². The van der Waals surface area contributed by atoms with Gasteiger partial charge in [0.15, 0.2) is 10.3 Å². The third-order valence-electron chi connectivity index (χ3n) is 3.22. The first-order valence-electron chi connectivity index (χ1n) is 6.93. The number of nitrogens with one attached hydrogen (secondary N) is 2. The first-order chi connectivity index (χ1) is 10.6. The van der Waals surface area contributed by atoms with Crippen molar-refractivity contribution >= 4 is 63.5 Å². The molecule has 1 aliphatic carbocycles. The van der Waals surface area contributed by atoms with Crippen molar-refractivity contribution < 1.29 is 14.4 Å². The molecule has 10 heteroatoms. The lowest BCUT2D eigenvalue weighted by atomic mass is 10.0. The number of amides is 3. The lowest BCUT2D eigenvalue weighted by Crippen LogP contribution is -2.35. The van der Waals surface area contributed by atoms with E-state index in [1.807, 2.05) is 0 Å². The van der Waals surface area contributed by atoms with Crippen LogP contribution in [0.25, 0.3) is 0 Å². The number of fused-ring (bicyclic) bond motifs is 1. The van der Waals surface area contributed by atoms with Crippen LogP contribution in [0, 0.1) is 0 Å². The summed E-state index contributed by atoms with van der Waals surface area (Å²) in [5.41, 5.74) is 1.09. The first kappa shape index (κ1) is 17.9. The van der Waals surface area contributed by atoms with Gasteiger partial charge in [0.05, 0.1) is 11.4 Å². The number of anilines is 1. The summed E-state index contributed by atoms with van der Waals surface area (Å²) >= 11 is 2.55. The van der Waals surface area contributed by atoms with Gasteiger partial charge >= 0.3 is 0 Å². The summed E-state index contributed by atoms with van der Waals surface area (Å²) in [4.78, 5) is 43.6. The van der Waals surface area contributed by atoms with Crippen LogP contribution in [-0.2, 0) is 27.2 Å². The van der Waals surface area contributed by atoms with Gasteiger partial charge in [-0.2, -0.15) is 4.99 Å². The van der Waals surface area contributed by atoms with E-state index in [-0.39, 0.29) is 35.7 Å². The molecule has 0 saturated carbocycles. The Bertz CT molecular complexity index is 651. The molecular weight excluding hydrogens is 360 g/mol. The number of aryl methyl sites for hydroxylation is 2. The fourth-order valence-electron chi connectivity index (χ4n) is 2.24. The van der Waals surface area contributed by atoms with Gasteiger partial charge in [0, 0.05) is 4.88 Å². The molecular formula is C13H15ClN4O3S2. The van der Waals surface area contributed by atoms with Gasteiger partial charge in [0.25, 0.3) is 5.91 Å². The zero-order valence-electron chi connectivity index (χ0n) is 12.1. The minimum atomic E-state index is -0.487. The van der Waals surface area contributed by atoms with Gasteiger partial charge in [-0.15, -0.1) is 23.7 Å². The topological polar surface area (TPSA) is 101 Å². The Balaban J connectivity index is 0.00000192. The lowest BCUT2D eigenvalue weighted by molar-refractivity contribution is -0.127. The predicted molar refractivity (Wildman–Crippen MR) is 92.3 cm³/mol. The number of halogens is 1. The highest BCUT2D eigenvalue weighted by Gasteiger charge is 2.20. The number of hydrogen-bond donors (Lipinski definition) is 2. The number of hydrogen-bond acceptors (Lipinski definition) is 6. The molecule has 0 fully saturated rings. The van der Waals surface area contributed by atoms with E-state index in [9.17, 15) is 14.4 Å². The van der Waals surface area contributed by atoms with Gasteiger partial charge in [-0.3, -0.25) is 14.4 Å². The van der Waals surface area contributed by atoms with Crippen LogP contribution in [0.1, 0.15) is 29.8 Å². The Labute approximate surface area is 147 Å². The molecule has 1 aromatic heterocycles. The number of carbonyl (C=O) groups is 3. The molecule has 0 bridgehead atoms. The molecule has 2 heterocycles. The number of aromatic nitrogens is 1. The maximum Gasteiger partial charge on any atom is 0.257 e. The Morgan fingerprint density at radius 3 is 2.83 bits per heavy atom. The molecule has 7 nitrogen and oxygen atoms in total. The molecule has 3 rings (SSSR count). The quantitative estimate of drug-likeness (QED) is 0.781. The van der Waals surface area contributed by atoms with Crippen LogP contribution < -0.4 is 10.6 Å². The largest absolute Gasteiger partial charge is 0.305 e. The second kappa shape index (κ2) is 7.89. The van der Waals surface area contributed by atoms with E-state index in [0.29, 0.717) is 5.13 Å². The summed E-state index contributed by atoms with van der Waals surface area (Å²) in [6, 6.07) is 0. The molecule has 0 atom stereocenters. The molecule has 0 radical (unpaired) electrons. The molecule has 1 aliphatic heterocycles. The summed E-state index contributed by atoms with van der Waals surface area (Å²) in [6.07, 6.45) is 4.09. The van der Waals surface area contributed by atoms with Crippen LogP contribution in [0.3, 0.4) is 0 Å². The van der Waals surface area contributed by atoms with E-state index in [1.165, 1.54) is 22.6 Å². The predicted octanol–water partition coefficient (Wildman–Crippen LogP) is 1.52. The monoisotopic (exact) mass is 374 g/mol. The highest BCUT2D eigenvalue weighted by Crippen LogP contribution is 2.29. The first-order valence-corrected chi connectivity index (χ1v) is 8.73. The van der Waals surface area contributed by atoms with Crippen LogP contribution in [-0.4, -0.2) is 33.6 Å². The number of thioether (sulfide) groups is 1. The van der Waals surface area contributed by atoms with Crippen molar-refractivity contribution in [3.05, 3.63) is 10.6 Å². The molecule has 0 unspecified atom stereocenters. The zero-order valence-corrected chi connectivity index (χ0v) is 14.5. The van der Waals surface area contributed by atoms with E-state index in [1.54, 1.807) is 0 Å². The molecule has 1 aromatic rings. The molecule has 23 heavy (non-hydrogen) atoms. The summed E-state index contributed by atoms with van der Waals surface area (Å²) in [5.74, 6) is -1.04. The molecule has 0 saturated heterocycles. The SMILES string of the molecule is Cl.O=C1CC(=O)NC(SCC(=O)Nc2nc3c(s2)CCCC3)=N1. The third-order valence-corrected chi connectivity index (χ3v) is 5.16. The average molecular weight is 375 g/mol. The van der Waals surface area contributed by atoms with Crippen molar-refractivity contribution in [2.75, 3.05) is 11.1 Å². The van der Waals surface area contributed by atoms with Crippen molar-refractivity contribution in [1.29, 1.82) is 0 Å². The number of amidine groups is 1. The maximum atomic E-state index is 11.9. The van der Waals surface area contributed by atoms with Crippen LogP contribution >= 0.6 is 35.5 Å². The Morgan fingerprint density at radius 2 is 2.09 bits per heavy atom. The number of carbonyl (C=O) groups excluding carboxylic acids is 3. The number of thiazole rings is 1. The Hall–Kier alpha value is -1.45. The van der Waals surface area contributed by atoms with E-state index >= 15 is 0 Å². The average Bonchev–Trinajstić information content (AvgIpc) is 2.86. The summed E-state index contributed by atoms with van der Waals surface area (Å²) < 4.78 is 0. The molecule has 0 aromatic carbocycles.